The van der Waals surface area contributed by atoms with Gasteiger partial charge in [0.1, 0.15) is 17.2 Å². The molecule has 0 bridgehead atoms. The zero-order valence-corrected chi connectivity index (χ0v) is 36.3. The largest absolute Gasteiger partial charge is 0.482 e. The third kappa shape index (κ3) is 10.1. The van der Waals surface area contributed by atoms with Crippen LogP contribution in [0, 0.1) is 31.5 Å². The highest BCUT2D eigenvalue weighted by Gasteiger charge is 2.44. The summed E-state index contributed by atoms with van der Waals surface area (Å²) in [5.74, 6) is 1.61. The number of Topliss-reactive ketones (excluding diaryl/α,β-unsaturated/α-hetero) is 1. The summed E-state index contributed by atoms with van der Waals surface area (Å²) < 4.78 is 22.7. The number of hydrogen-bond donors (Lipinski definition) is 1. The summed E-state index contributed by atoms with van der Waals surface area (Å²) in [5.41, 5.74) is 8.99. The van der Waals surface area contributed by atoms with Crippen molar-refractivity contribution in [3.63, 3.8) is 0 Å². The molecule has 0 amide bonds. The van der Waals surface area contributed by atoms with Crippen LogP contribution in [-0.4, -0.2) is 36.9 Å². The molecule has 0 aromatic heterocycles. The maximum Gasteiger partial charge on any atom is 0.166 e. The minimum absolute atomic E-state index is 0.158. The number of nitrogens with zero attached hydrogens (tertiary/aromatic N) is 2. The van der Waals surface area contributed by atoms with E-state index in [1.807, 2.05) is 12.1 Å². The van der Waals surface area contributed by atoms with Gasteiger partial charge in [0.15, 0.2) is 5.78 Å². The van der Waals surface area contributed by atoms with Gasteiger partial charge in [-0.05, 0) is 152 Å². The highest BCUT2D eigenvalue weighted by atomic mass is 35.5. The minimum atomic E-state index is -0.789. The molecule has 6 rings (SSSR count). The maximum absolute atomic E-state index is 15.6. The Labute approximate surface area is 347 Å². The first-order valence-electron chi connectivity index (χ1n) is 21.6. The number of hydrogen-bond acceptors (Lipinski definition) is 5. The quantitative estimate of drug-likeness (QED) is 0.138. The second-order valence-corrected chi connectivity index (χ2v) is 17.6. The van der Waals surface area contributed by atoms with Crippen LogP contribution in [0.2, 0.25) is 5.02 Å². The van der Waals surface area contributed by atoms with Crippen molar-refractivity contribution >= 4 is 23.1 Å². The minimum Gasteiger partial charge on any atom is -0.482 e. The van der Waals surface area contributed by atoms with Gasteiger partial charge in [0.05, 0.1) is 0 Å². The first kappa shape index (κ1) is 42.7. The molecular weight excluding hydrogens is 729 g/mol. The predicted octanol–water partition coefficient (Wildman–Crippen LogP) is 13.0. The van der Waals surface area contributed by atoms with Crippen LogP contribution < -0.4 is 15.0 Å². The number of halogens is 2. The summed E-state index contributed by atoms with van der Waals surface area (Å²) in [6.45, 7) is 18.5. The van der Waals surface area contributed by atoms with Gasteiger partial charge in [0.25, 0.3) is 0 Å². The van der Waals surface area contributed by atoms with Crippen LogP contribution in [0.4, 0.5) is 10.1 Å². The molecule has 1 heterocycles. The average Bonchev–Trinajstić information content (AvgIpc) is 3.13. The van der Waals surface area contributed by atoms with Crippen molar-refractivity contribution in [2.75, 3.05) is 31.1 Å². The molecule has 1 saturated heterocycles. The second-order valence-electron chi connectivity index (χ2n) is 17.2. The molecular formula is C50H65ClFN3O2. The molecule has 1 unspecified atom stereocenters. The molecule has 0 spiro atoms. The number of anilines is 1. The zero-order chi connectivity index (χ0) is 40.7. The molecule has 2 saturated carbocycles. The van der Waals surface area contributed by atoms with Crippen molar-refractivity contribution in [1.82, 2.24) is 10.2 Å². The van der Waals surface area contributed by atoms with Gasteiger partial charge >= 0.3 is 0 Å². The van der Waals surface area contributed by atoms with Crippen molar-refractivity contribution in [3.8, 4) is 5.75 Å². The van der Waals surface area contributed by atoms with E-state index in [9.17, 15) is 4.79 Å². The van der Waals surface area contributed by atoms with Crippen LogP contribution in [0.25, 0.3) is 0 Å². The smallest absolute Gasteiger partial charge is 0.166 e. The van der Waals surface area contributed by atoms with Gasteiger partial charge in [-0.2, -0.15) is 0 Å². The first-order valence-corrected chi connectivity index (χ1v) is 21.9. The number of allylic oxidation sites excluding steroid dienone is 2. The molecule has 57 heavy (non-hydrogen) atoms. The average molecular weight is 795 g/mol. The predicted molar refractivity (Wildman–Crippen MR) is 236 cm³/mol. The number of rotatable bonds is 17. The van der Waals surface area contributed by atoms with E-state index in [2.05, 4.69) is 112 Å². The summed E-state index contributed by atoms with van der Waals surface area (Å²) in [6, 6.07) is 17.8. The van der Waals surface area contributed by atoms with Crippen LogP contribution in [0.3, 0.4) is 0 Å². The van der Waals surface area contributed by atoms with Crippen LogP contribution in [-0.2, 0) is 5.60 Å². The Morgan fingerprint density at radius 3 is 2.30 bits per heavy atom. The lowest BCUT2D eigenvalue weighted by Gasteiger charge is -2.44. The second kappa shape index (κ2) is 19.3. The molecule has 0 radical (unpaired) electrons. The number of benzene rings is 3. The van der Waals surface area contributed by atoms with E-state index in [1.54, 1.807) is 6.07 Å². The molecule has 7 heteroatoms. The lowest BCUT2D eigenvalue weighted by Crippen LogP contribution is -2.43. The Morgan fingerprint density at radius 2 is 1.67 bits per heavy atom. The standard InChI is InChI=1S/C50H65ClFN3O2/c1-8-13-43(55(32-35(4)31-53-30-34(3)9-2)47-28-40(21-20-36(47)5)48(56)39-15-11-16-39)33-54-26-24-38(25-27-54)44-19-10-14-37(6)49(44)57-50(7,41-17-12-18-41)45-23-22-42(51)29-46(45)52/h10,13-14,19-23,28-31,38-39,41,53H,8-9,11-12,15-18,24-27,32-33H2,1-7H3/b34-30-,35-31+,43-13+. The number of ether oxygens (including phenoxy) is 1. The third-order valence-corrected chi connectivity index (χ3v) is 13.2. The van der Waals surface area contributed by atoms with Crippen molar-refractivity contribution in [2.45, 2.75) is 124 Å². The van der Waals surface area contributed by atoms with Gasteiger partial charge in [-0.1, -0.05) is 86.3 Å². The maximum atomic E-state index is 15.6. The number of piperidine rings is 1. The zero-order valence-electron chi connectivity index (χ0n) is 35.5. The highest BCUT2D eigenvalue weighted by molar-refractivity contribution is 6.30. The Balaban J connectivity index is 1.23. The van der Waals surface area contributed by atoms with E-state index in [4.69, 9.17) is 16.3 Å². The van der Waals surface area contributed by atoms with E-state index < -0.39 is 5.60 Å². The Kier molecular flexibility index (Phi) is 14.4. The lowest BCUT2D eigenvalue weighted by atomic mass is 9.70. The summed E-state index contributed by atoms with van der Waals surface area (Å²) in [7, 11) is 0. The number of ketones is 1. The molecule has 3 aliphatic rings. The fraction of sp³-hybridized carbons (Fsp3) is 0.500. The number of likely N-dealkylation sites (tertiary alicyclic amines) is 1. The van der Waals surface area contributed by atoms with Crippen molar-refractivity contribution < 1.29 is 13.9 Å². The van der Waals surface area contributed by atoms with Gasteiger partial charge in [-0.3, -0.25) is 9.69 Å². The highest BCUT2D eigenvalue weighted by Crippen LogP contribution is 2.49. The molecule has 3 aromatic rings. The molecule has 2 aliphatic carbocycles. The van der Waals surface area contributed by atoms with Crippen LogP contribution >= 0.6 is 11.6 Å². The fourth-order valence-electron chi connectivity index (χ4n) is 8.71. The van der Waals surface area contributed by atoms with E-state index in [1.165, 1.54) is 34.0 Å². The third-order valence-electron chi connectivity index (χ3n) is 13.0. The number of aryl methyl sites for hydroxylation is 2. The molecule has 1 N–H and O–H groups in total. The van der Waals surface area contributed by atoms with E-state index in [0.29, 0.717) is 23.0 Å². The first-order chi connectivity index (χ1) is 27.4. The monoisotopic (exact) mass is 793 g/mol. The Bertz CT molecular complexity index is 1970. The topological polar surface area (TPSA) is 44.8 Å². The molecule has 1 aliphatic heterocycles. The SMILES string of the molecule is CC/C=C(\CN1CCC(c2cccc(C)c2OC(C)(c2ccc(Cl)cc2F)C2CCC2)CC1)N(C/C(C)=C/N/C=C(/C)CC)c1cc(C(=O)C2CCC2)ccc1C. The lowest BCUT2D eigenvalue weighted by molar-refractivity contribution is -0.0203. The number of carbonyl (C=O) groups is 1. The van der Waals surface area contributed by atoms with Crippen LogP contribution in [0.15, 0.2) is 89.9 Å². The van der Waals surface area contributed by atoms with Crippen LogP contribution in [0.1, 0.15) is 137 Å². The summed E-state index contributed by atoms with van der Waals surface area (Å²) in [6.07, 6.45) is 16.8. The molecule has 306 valence electrons. The molecule has 5 nitrogen and oxygen atoms in total. The van der Waals surface area contributed by atoms with Crippen molar-refractivity contribution in [2.24, 2.45) is 11.8 Å². The fourth-order valence-corrected chi connectivity index (χ4v) is 8.87. The number of para-hydroxylation sites is 1. The summed E-state index contributed by atoms with van der Waals surface area (Å²) in [5, 5.41) is 3.82. The van der Waals surface area contributed by atoms with Gasteiger partial charge in [0, 0.05) is 58.7 Å². The molecule has 1 atom stereocenters. The van der Waals surface area contributed by atoms with Crippen LogP contribution in [0.5, 0.6) is 5.75 Å². The van der Waals surface area contributed by atoms with Crippen molar-refractivity contribution in [3.05, 3.63) is 129 Å². The molecule has 3 aromatic carbocycles. The van der Waals surface area contributed by atoms with E-state index in [-0.39, 0.29) is 23.4 Å². The summed E-state index contributed by atoms with van der Waals surface area (Å²) in [4.78, 5) is 18.5. The number of nitrogens with one attached hydrogen (secondary N) is 1. The number of carbonyl (C=O) groups excluding carboxylic acids is 1. The van der Waals surface area contributed by atoms with Gasteiger partial charge < -0.3 is 15.0 Å². The van der Waals surface area contributed by atoms with Crippen molar-refractivity contribution in [1.29, 1.82) is 0 Å². The molecule has 3 fully saturated rings. The Morgan fingerprint density at radius 1 is 0.947 bits per heavy atom. The van der Waals surface area contributed by atoms with E-state index >= 15 is 4.39 Å². The Hall–Kier alpha value is -3.87. The van der Waals surface area contributed by atoms with Gasteiger partial charge in [-0.15, -0.1) is 0 Å². The van der Waals surface area contributed by atoms with Gasteiger partial charge in [-0.25, -0.2) is 4.39 Å². The normalized spacial score (nSPS) is 18.8. The van der Waals surface area contributed by atoms with E-state index in [0.717, 1.165) is 106 Å². The van der Waals surface area contributed by atoms with Gasteiger partial charge in [0.2, 0.25) is 0 Å². The summed E-state index contributed by atoms with van der Waals surface area (Å²) >= 11 is 6.20.